The van der Waals surface area contributed by atoms with Gasteiger partial charge in [0.2, 0.25) is 17.7 Å². The quantitative estimate of drug-likeness (QED) is 0.908. The number of methoxy groups -OCH3 is 1. The third-order valence-electron chi connectivity index (χ3n) is 3.81. The fourth-order valence-electron chi connectivity index (χ4n) is 2.67. The molecular formula is C14H19N5O2. The van der Waals surface area contributed by atoms with Gasteiger partial charge in [0.1, 0.15) is 5.52 Å². The number of amides is 1. The molecule has 112 valence electrons. The molecule has 1 aliphatic heterocycles. The van der Waals surface area contributed by atoms with E-state index >= 15 is 0 Å². The Morgan fingerprint density at radius 3 is 2.81 bits per heavy atom. The van der Waals surface area contributed by atoms with E-state index in [4.69, 9.17) is 10.5 Å². The minimum atomic E-state index is 0.164. The summed E-state index contributed by atoms with van der Waals surface area (Å²) >= 11 is 0. The molecule has 2 aromatic rings. The van der Waals surface area contributed by atoms with E-state index in [1.54, 1.807) is 17.7 Å². The number of rotatable bonds is 4. The predicted octanol–water partition coefficient (Wildman–Crippen LogP) is 1.03. The van der Waals surface area contributed by atoms with Gasteiger partial charge in [0.25, 0.3) is 0 Å². The van der Waals surface area contributed by atoms with Crippen molar-refractivity contribution in [3.8, 4) is 5.88 Å². The second kappa shape index (κ2) is 5.59. The highest BCUT2D eigenvalue weighted by Crippen LogP contribution is 2.20. The average molecular weight is 289 g/mol. The van der Waals surface area contributed by atoms with Crippen molar-refractivity contribution in [2.75, 3.05) is 25.9 Å². The lowest BCUT2D eigenvalue weighted by Crippen LogP contribution is -2.28. The number of pyridine rings is 1. The summed E-state index contributed by atoms with van der Waals surface area (Å²) in [6.45, 7) is 2.22. The fraction of sp³-hybridized carbons (Fsp3) is 0.500. The van der Waals surface area contributed by atoms with E-state index in [-0.39, 0.29) is 5.91 Å². The standard InChI is InChI=1S/C14H19N5O2/c1-21-11-5-4-10-13(17-11)19(14(15)16-10)9-6-12(20)18-7-2-3-8-18/h4-5H,2-3,6-9H2,1H3,(H2,15,16). The Balaban J connectivity index is 1.79. The molecule has 0 atom stereocenters. The smallest absolute Gasteiger partial charge is 0.224 e. The van der Waals surface area contributed by atoms with Crippen LogP contribution in [-0.4, -0.2) is 45.5 Å². The Bertz CT molecular complexity index is 661. The second-order valence-electron chi connectivity index (χ2n) is 5.16. The minimum Gasteiger partial charge on any atom is -0.481 e. The highest BCUT2D eigenvalue weighted by molar-refractivity contribution is 5.78. The summed E-state index contributed by atoms with van der Waals surface area (Å²) in [4.78, 5) is 22.6. The topological polar surface area (TPSA) is 86.3 Å². The van der Waals surface area contributed by atoms with Gasteiger partial charge in [-0.2, -0.15) is 4.98 Å². The Hall–Kier alpha value is -2.31. The first kappa shape index (κ1) is 13.7. The van der Waals surface area contributed by atoms with Crippen molar-refractivity contribution in [2.24, 2.45) is 0 Å². The number of likely N-dealkylation sites (tertiary alicyclic amines) is 1. The number of aryl methyl sites for hydroxylation is 1. The number of nitrogens with two attached hydrogens (primary N) is 1. The molecule has 3 rings (SSSR count). The molecule has 0 spiro atoms. The van der Waals surface area contributed by atoms with Gasteiger partial charge < -0.3 is 15.4 Å². The summed E-state index contributed by atoms with van der Waals surface area (Å²) in [5.74, 6) is 1.05. The van der Waals surface area contributed by atoms with Gasteiger partial charge in [-0.15, -0.1) is 0 Å². The number of nitrogens with zero attached hydrogens (tertiary/aromatic N) is 4. The van der Waals surface area contributed by atoms with Crippen LogP contribution in [0.2, 0.25) is 0 Å². The Labute approximate surface area is 122 Å². The van der Waals surface area contributed by atoms with Gasteiger partial charge in [-0.1, -0.05) is 0 Å². The normalized spacial score (nSPS) is 14.8. The lowest BCUT2D eigenvalue weighted by atomic mass is 10.3. The lowest BCUT2D eigenvalue weighted by molar-refractivity contribution is -0.130. The maximum atomic E-state index is 12.1. The van der Waals surface area contributed by atoms with Crippen molar-refractivity contribution >= 4 is 23.0 Å². The molecule has 0 aromatic carbocycles. The largest absolute Gasteiger partial charge is 0.481 e. The SMILES string of the molecule is COc1ccc2nc(N)n(CCC(=O)N3CCCC3)c2n1. The monoisotopic (exact) mass is 289 g/mol. The van der Waals surface area contributed by atoms with Crippen LogP contribution in [0.4, 0.5) is 5.95 Å². The van der Waals surface area contributed by atoms with Crippen LogP contribution in [0.25, 0.3) is 11.2 Å². The van der Waals surface area contributed by atoms with E-state index in [9.17, 15) is 4.79 Å². The van der Waals surface area contributed by atoms with E-state index in [1.807, 2.05) is 11.0 Å². The van der Waals surface area contributed by atoms with Crippen LogP contribution in [-0.2, 0) is 11.3 Å². The molecule has 7 nitrogen and oxygen atoms in total. The fourth-order valence-corrected chi connectivity index (χ4v) is 2.67. The summed E-state index contributed by atoms with van der Waals surface area (Å²) in [6.07, 6.45) is 2.61. The van der Waals surface area contributed by atoms with Crippen LogP contribution in [0.15, 0.2) is 12.1 Å². The molecule has 21 heavy (non-hydrogen) atoms. The van der Waals surface area contributed by atoms with E-state index in [0.29, 0.717) is 36.0 Å². The molecular weight excluding hydrogens is 270 g/mol. The summed E-state index contributed by atoms with van der Waals surface area (Å²) in [7, 11) is 1.56. The van der Waals surface area contributed by atoms with Crippen LogP contribution in [0.1, 0.15) is 19.3 Å². The molecule has 1 saturated heterocycles. The van der Waals surface area contributed by atoms with Crippen LogP contribution < -0.4 is 10.5 Å². The summed E-state index contributed by atoms with van der Waals surface area (Å²) in [5, 5.41) is 0. The van der Waals surface area contributed by atoms with Gasteiger partial charge in [0.15, 0.2) is 5.65 Å². The number of fused-ring (bicyclic) bond motifs is 1. The van der Waals surface area contributed by atoms with E-state index in [1.165, 1.54) is 0 Å². The van der Waals surface area contributed by atoms with Gasteiger partial charge >= 0.3 is 0 Å². The zero-order chi connectivity index (χ0) is 14.8. The molecule has 1 aliphatic rings. The number of aromatic nitrogens is 3. The van der Waals surface area contributed by atoms with Crippen molar-refractivity contribution in [3.05, 3.63) is 12.1 Å². The van der Waals surface area contributed by atoms with Crippen LogP contribution in [0.5, 0.6) is 5.88 Å². The molecule has 1 amide bonds. The van der Waals surface area contributed by atoms with Gasteiger partial charge in [0, 0.05) is 32.1 Å². The minimum absolute atomic E-state index is 0.164. The van der Waals surface area contributed by atoms with Gasteiger partial charge in [-0.3, -0.25) is 9.36 Å². The van der Waals surface area contributed by atoms with Crippen LogP contribution in [0.3, 0.4) is 0 Å². The first-order chi connectivity index (χ1) is 10.2. The molecule has 0 unspecified atom stereocenters. The van der Waals surface area contributed by atoms with Crippen LogP contribution >= 0.6 is 0 Å². The molecule has 0 saturated carbocycles. The van der Waals surface area contributed by atoms with E-state index in [2.05, 4.69) is 9.97 Å². The number of nitrogen functional groups attached to an aromatic ring is 1. The second-order valence-corrected chi connectivity index (χ2v) is 5.16. The highest BCUT2D eigenvalue weighted by Gasteiger charge is 2.19. The Morgan fingerprint density at radius 2 is 2.10 bits per heavy atom. The average Bonchev–Trinajstić information content (AvgIpc) is 3.11. The summed E-state index contributed by atoms with van der Waals surface area (Å²) < 4.78 is 6.89. The third kappa shape index (κ3) is 2.63. The van der Waals surface area contributed by atoms with Gasteiger partial charge in [0.05, 0.1) is 7.11 Å². The Kier molecular flexibility index (Phi) is 3.64. The zero-order valence-electron chi connectivity index (χ0n) is 12.1. The van der Waals surface area contributed by atoms with Gasteiger partial charge in [-0.25, -0.2) is 4.98 Å². The van der Waals surface area contributed by atoms with Crippen molar-refractivity contribution in [1.82, 2.24) is 19.4 Å². The zero-order valence-corrected chi connectivity index (χ0v) is 12.1. The maximum Gasteiger partial charge on any atom is 0.224 e. The van der Waals surface area contributed by atoms with Crippen LogP contribution in [0, 0.1) is 0 Å². The molecule has 2 aromatic heterocycles. The highest BCUT2D eigenvalue weighted by atomic mass is 16.5. The summed E-state index contributed by atoms with van der Waals surface area (Å²) in [5.41, 5.74) is 7.29. The number of carbonyl (C=O) groups excluding carboxylic acids is 1. The molecule has 1 fully saturated rings. The maximum absolute atomic E-state index is 12.1. The van der Waals surface area contributed by atoms with Crippen molar-refractivity contribution in [2.45, 2.75) is 25.8 Å². The number of imidazole rings is 1. The number of anilines is 1. The molecule has 0 aliphatic carbocycles. The number of hydrogen-bond acceptors (Lipinski definition) is 5. The van der Waals surface area contributed by atoms with Crippen molar-refractivity contribution in [3.63, 3.8) is 0 Å². The number of hydrogen-bond donors (Lipinski definition) is 1. The van der Waals surface area contributed by atoms with E-state index < -0.39 is 0 Å². The van der Waals surface area contributed by atoms with Gasteiger partial charge in [-0.05, 0) is 18.9 Å². The molecule has 7 heteroatoms. The van der Waals surface area contributed by atoms with Crippen molar-refractivity contribution in [1.29, 1.82) is 0 Å². The first-order valence-corrected chi connectivity index (χ1v) is 7.13. The molecule has 0 radical (unpaired) electrons. The number of ether oxygens (including phenoxy) is 1. The van der Waals surface area contributed by atoms with E-state index in [0.717, 1.165) is 25.9 Å². The lowest BCUT2D eigenvalue weighted by Gasteiger charge is -2.15. The molecule has 3 heterocycles. The summed E-state index contributed by atoms with van der Waals surface area (Å²) in [6, 6.07) is 3.56. The van der Waals surface area contributed by atoms with Crippen molar-refractivity contribution < 1.29 is 9.53 Å². The predicted molar refractivity (Wildman–Crippen MR) is 78.9 cm³/mol. The number of carbonyl (C=O) groups is 1. The first-order valence-electron chi connectivity index (χ1n) is 7.13. The Morgan fingerprint density at radius 1 is 1.33 bits per heavy atom. The third-order valence-corrected chi connectivity index (χ3v) is 3.81. The molecule has 0 bridgehead atoms. The molecule has 2 N–H and O–H groups in total.